The third kappa shape index (κ3) is 3.74. The molecule has 130 valence electrons. The Bertz CT molecular complexity index is 851. The molecule has 0 radical (unpaired) electrons. The SMILES string of the molecule is CCOc1ccc(C2=N/C(=C/c3sccc3C)C(=O)O2)cc1OCC. The molecule has 2 aromatic rings. The standard InChI is InChI=1S/C19H19NO4S/c1-4-22-15-7-6-13(10-16(15)23-5-2)18-20-14(19(21)24-18)11-17-12(3)8-9-25-17/h6-11H,4-5H2,1-3H3/b14-11+. The van der Waals surface area contributed by atoms with Crippen LogP contribution in [0.1, 0.15) is 29.9 Å². The number of hydrogen-bond donors (Lipinski definition) is 0. The Kier molecular flexibility index (Phi) is 5.19. The average Bonchev–Trinajstić information content (AvgIpc) is 3.16. The van der Waals surface area contributed by atoms with Gasteiger partial charge in [0.15, 0.2) is 17.2 Å². The molecule has 0 saturated carbocycles. The fraction of sp³-hybridized carbons (Fsp3) is 0.263. The van der Waals surface area contributed by atoms with Crippen LogP contribution in [0, 0.1) is 6.92 Å². The van der Waals surface area contributed by atoms with E-state index < -0.39 is 5.97 Å². The summed E-state index contributed by atoms with van der Waals surface area (Å²) in [6, 6.07) is 7.38. The highest BCUT2D eigenvalue weighted by atomic mass is 32.1. The summed E-state index contributed by atoms with van der Waals surface area (Å²) in [6.07, 6.45) is 1.76. The molecule has 0 aliphatic carbocycles. The molecule has 0 saturated heterocycles. The summed E-state index contributed by atoms with van der Waals surface area (Å²) in [4.78, 5) is 17.5. The maximum atomic E-state index is 12.1. The van der Waals surface area contributed by atoms with Gasteiger partial charge in [0.25, 0.3) is 0 Å². The van der Waals surface area contributed by atoms with Gasteiger partial charge in [0.2, 0.25) is 5.90 Å². The quantitative estimate of drug-likeness (QED) is 0.574. The molecule has 0 spiro atoms. The summed E-state index contributed by atoms with van der Waals surface area (Å²) in [5, 5.41) is 1.98. The molecule has 5 nitrogen and oxygen atoms in total. The summed E-state index contributed by atoms with van der Waals surface area (Å²) in [7, 11) is 0. The number of ether oxygens (including phenoxy) is 3. The largest absolute Gasteiger partial charge is 0.490 e. The van der Waals surface area contributed by atoms with Gasteiger partial charge >= 0.3 is 5.97 Å². The molecule has 25 heavy (non-hydrogen) atoms. The van der Waals surface area contributed by atoms with E-state index >= 15 is 0 Å². The van der Waals surface area contributed by atoms with Gasteiger partial charge in [0.1, 0.15) is 0 Å². The number of rotatable bonds is 6. The van der Waals surface area contributed by atoms with Gasteiger partial charge in [-0.1, -0.05) is 0 Å². The lowest BCUT2D eigenvalue weighted by Gasteiger charge is -2.11. The molecule has 0 N–H and O–H groups in total. The molecule has 0 atom stereocenters. The normalized spacial score (nSPS) is 15.2. The average molecular weight is 357 g/mol. The number of aryl methyl sites for hydroxylation is 1. The minimum absolute atomic E-state index is 0.273. The second-order valence-electron chi connectivity index (χ2n) is 5.33. The smallest absolute Gasteiger partial charge is 0.363 e. The minimum Gasteiger partial charge on any atom is -0.490 e. The van der Waals surface area contributed by atoms with Gasteiger partial charge in [0.05, 0.1) is 13.2 Å². The molecule has 6 heteroatoms. The Morgan fingerprint density at radius 1 is 1.16 bits per heavy atom. The Labute approximate surface area is 150 Å². The number of carbonyl (C=O) groups is 1. The maximum absolute atomic E-state index is 12.1. The van der Waals surface area contributed by atoms with Gasteiger partial charge in [-0.3, -0.25) is 0 Å². The van der Waals surface area contributed by atoms with E-state index in [4.69, 9.17) is 14.2 Å². The molecule has 1 aliphatic heterocycles. The minimum atomic E-state index is -0.449. The zero-order valence-corrected chi connectivity index (χ0v) is 15.2. The molecule has 1 aromatic heterocycles. The van der Waals surface area contributed by atoms with Crippen molar-refractivity contribution in [2.75, 3.05) is 13.2 Å². The monoisotopic (exact) mass is 357 g/mol. The lowest BCUT2D eigenvalue weighted by molar-refractivity contribution is -0.129. The fourth-order valence-corrected chi connectivity index (χ4v) is 3.23. The van der Waals surface area contributed by atoms with Gasteiger partial charge in [-0.05, 0) is 62.1 Å². The van der Waals surface area contributed by atoms with Crippen LogP contribution in [0.2, 0.25) is 0 Å². The van der Waals surface area contributed by atoms with Crippen LogP contribution in [0.4, 0.5) is 0 Å². The summed E-state index contributed by atoms with van der Waals surface area (Å²) >= 11 is 1.56. The molecule has 1 aliphatic rings. The van der Waals surface area contributed by atoms with E-state index in [1.165, 1.54) is 0 Å². The highest BCUT2D eigenvalue weighted by molar-refractivity contribution is 7.11. The van der Waals surface area contributed by atoms with Gasteiger partial charge in [-0.15, -0.1) is 11.3 Å². The van der Waals surface area contributed by atoms with Crippen LogP contribution in [0.25, 0.3) is 6.08 Å². The number of cyclic esters (lactones) is 1. The first kappa shape index (κ1) is 17.2. The van der Waals surface area contributed by atoms with E-state index in [-0.39, 0.29) is 5.90 Å². The van der Waals surface area contributed by atoms with Crippen molar-refractivity contribution in [1.82, 2.24) is 0 Å². The predicted molar refractivity (Wildman–Crippen MR) is 98.4 cm³/mol. The third-order valence-electron chi connectivity index (χ3n) is 3.58. The molecule has 0 fully saturated rings. The molecule has 1 aromatic carbocycles. The summed E-state index contributed by atoms with van der Waals surface area (Å²) in [6.45, 7) is 6.87. The molecule has 0 amide bonds. The second-order valence-corrected chi connectivity index (χ2v) is 6.28. The fourth-order valence-electron chi connectivity index (χ4n) is 2.37. The van der Waals surface area contributed by atoms with Crippen LogP contribution in [-0.2, 0) is 9.53 Å². The van der Waals surface area contributed by atoms with Crippen molar-refractivity contribution in [3.63, 3.8) is 0 Å². The number of aliphatic imine (C=N–C) groups is 1. The Hall–Kier alpha value is -2.60. The first-order valence-corrected chi connectivity index (χ1v) is 8.97. The summed E-state index contributed by atoms with van der Waals surface area (Å²) in [5.74, 6) is 1.08. The van der Waals surface area contributed by atoms with Gasteiger partial charge in [-0.2, -0.15) is 0 Å². The van der Waals surface area contributed by atoms with Crippen LogP contribution in [0.3, 0.4) is 0 Å². The van der Waals surface area contributed by atoms with Crippen LogP contribution in [0.5, 0.6) is 11.5 Å². The zero-order valence-electron chi connectivity index (χ0n) is 14.4. The summed E-state index contributed by atoms with van der Waals surface area (Å²) < 4.78 is 16.5. The van der Waals surface area contributed by atoms with E-state index in [0.29, 0.717) is 36.0 Å². The third-order valence-corrected chi connectivity index (χ3v) is 4.55. The van der Waals surface area contributed by atoms with Crippen LogP contribution in [0.15, 0.2) is 40.3 Å². The highest BCUT2D eigenvalue weighted by Gasteiger charge is 2.25. The molecule has 0 unspecified atom stereocenters. The predicted octanol–water partition coefficient (Wildman–Crippen LogP) is 4.20. The van der Waals surface area contributed by atoms with Crippen molar-refractivity contribution < 1.29 is 19.0 Å². The van der Waals surface area contributed by atoms with E-state index in [9.17, 15) is 4.79 Å². The van der Waals surface area contributed by atoms with Crippen molar-refractivity contribution >= 4 is 29.3 Å². The van der Waals surface area contributed by atoms with E-state index in [0.717, 1.165) is 10.4 Å². The first-order chi connectivity index (χ1) is 12.1. The van der Waals surface area contributed by atoms with Crippen LogP contribution in [-0.4, -0.2) is 25.1 Å². The number of benzene rings is 1. The Morgan fingerprint density at radius 2 is 1.92 bits per heavy atom. The Morgan fingerprint density at radius 3 is 2.60 bits per heavy atom. The van der Waals surface area contributed by atoms with Crippen molar-refractivity contribution in [3.05, 3.63) is 51.3 Å². The highest BCUT2D eigenvalue weighted by Crippen LogP contribution is 2.30. The maximum Gasteiger partial charge on any atom is 0.363 e. The number of thiophene rings is 1. The van der Waals surface area contributed by atoms with Crippen molar-refractivity contribution in [2.24, 2.45) is 4.99 Å². The number of nitrogens with zero attached hydrogens (tertiary/aromatic N) is 1. The summed E-state index contributed by atoms with van der Waals surface area (Å²) in [5.41, 5.74) is 2.08. The van der Waals surface area contributed by atoms with Gasteiger partial charge in [0, 0.05) is 10.4 Å². The lowest BCUT2D eigenvalue weighted by atomic mass is 10.2. The Balaban J connectivity index is 1.92. The van der Waals surface area contributed by atoms with Crippen molar-refractivity contribution in [3.8, 4) is 11.5 Å². The van der Waals surface area contributed by atoms with Crippen molar-refractivity contribution in [2.45, 2.75) is 20.8 Å². The van der Waals surface area contributed by atoms with Gasteiger partial charge in [-0.25, -0.2) is 9.79 Å². The molecular formula is C19H19NO4S. The molecule has 2 heterocycles. The first-order valence-electron chi connectivity index (χ1n) is 8.09. The lowest BCUT2D eigenvalue weighted by Crippen LogP contribution is -2.06. The number of esters is 1. The molecule has 0 bridgehead atoms. The van der Waals surface area contributed by atoms with Crippen LogP contribution < -0.4 is 9.47 Å². The van der Waals surface area contributed by atoms with E-state index in [1.54, 1.807) is 35.6 Å². The number of carbonyl (C=O) groups excluding carboxylic acids is 1. The molecular weight excluding hydrogens is 338 g/mol. The molecule has 3 rings (SSSR count). The van der Waals surface area contributed by atoms with Gasteiger partial charge < -0.3 is 14.2 Å². The topological polar surface area (TPSA) is 57.1 Å². The van der Waals surface area contributed by atoms with E-state index in [1.807, 2.05) is 32.2 Å². The van der Waals surface area contributed by atoms with E-state index in [2.05, 4.69) is 4.99 Å². The van der Waals surface area contributed by atoms with Crippen LogP contribution >= 0.6 is 11.3 Å². The number of hydrogen-bond acceptors (Lipinski definition) is 6. The zero-order chi connectivity index (χ0) is 17.8. The van der Waals surface area contributed by atoms with Crippen molar-refractivity contribution in [1.29, 1.82) is 0 Å². The second kappa shape index (κ2) is 7.53.